The molecule has 166 valence electrons. The number of nitrogens with zero attached hydrogens (tertiary/aromatic N) is 2. The van der Waals surface area contributed by atoms with Crippen molar-refractivity contribution >= 4 is 38.7 Å². The Labute approximate surface area is 194 Å². The summed E-state index contributed by atoms with van der Waals surface area (Å²) in [6.07, 6.45) is 0.938. The van der Waals surface area contributed by atoms with Gasteiger partial charge in [0.15, 0.2) is 5.01 Å². The molecule has 5 rings (SSSR count). The average Bonchev–Trinajstić information content (AvgIpc) is 3.32. The van der Waals surface area contributed by atoms with Crippen LogP contribution in [0.25, 0.3) is 21.7 Å². The maximum atomic E-state index is 13.5. The summed E-state index contributed by atoms with van der Waals surface area (Å²) in [7, 11) is -3.80. The molecule has 3 unspecified atom stereocenters. The van der Waals surface area contributed by atoms with Crippen molar-refractivity contribution < 1.29 is 17.9 Å². The smallest absolute Gasteiger partial charge is 0.238 e. The SMILES string of the molecule is NS(=O)(=O)c1ccc(-c2sc(C(=O)C3C4CCN3COC4)nc2-c2ccc(Cl)cc2)cc1. The third-order valence-corrected chi connectivity index (χ3v) is 8.19. The number of nitrogens with two attached hydrogens (primary N) is 1. The topological polar surface area (TPSA) is 103 Å². The fraction of sp³-hybridized carbons (Fsp3) is 0.273. The maximum Gasteiger partial charge on any atom is 0.238 e. The van der Waals surface area contributed by atoms with Gasteiger partial charge >= 0.3 is 0 Å². The van der Waals surface area contributed by atoms with E-state index >= 15 is 0 Å². The zero-order chi connectivity index (χ0) is 22.5. The second-order valence-electron chi connectivity index (χ2n) is 7.94. The molecule has 1 aromatic heterocycles. The summed E-state index contributed by atoms with van der Waals surface area (Å²) >= 11 is 7.37. The van der Waals surface area contributed by atoms with Crippen molar-refractivity contribution in [3.8, 4) is 21.7 Å². The van der Waals surface area contributed by atoms with Gasteiger partial charge in [-0.25, -0.2) is 18.5 Å². The summed E-state index contributed by atoms with van der Waals surface area (Å²) in [5.41, 5.74) is 2.24. The molecule has 2 aromatic carbocycles. The molecule has 2 fully saturated rings. The molecule has 0 amide bonds. The second kappa shape index (κ2) is 8.33. The van der Waals surface area contributed by atoms with Gasteiger partial charge in [-0.2, -0.15) is 0 Å². The quantitative estimate of drug-likeness (QED) is 0.549. The molecule has 0 saturated carbocycles. The number of primary sulfonamides is 1. The zero-order valence-corrected chi connectivity index (χ0v) is 19.3. The Hall–Kier alpha value is -2.14. The van der Waals surface area contributed by atoms with Gasteiger partial charge in [0.2, 0.25) is 15.8 Å². The number of thiazole rings is 1. The molecule has 0 radical (unpaired) electrons. The highest BCUT2D eigenvalue weighted by atomic mass is 35.5. The number of ketones is 1. The lowest BCUT2D eigenvalue weighted by Crippen LogP contribution is -2.46. The van der Waals surface area contributed by atoms with Crippen LogP contribution in [0.4, 0.5) is 0 Å². The van der Waals surface area contributed by atoms with E-state index in [4.69, 9.17) is 26.5 Å². The Kier molecular flexibility index (Phi) is 5.65. The van der Waals surface area contributed by atoms with E-state index in [1.807, 2.05) is 12.1 Å². The zero-order valence-electron chi connectivity index (χ0n) is 16.9. The molecule has 32 heavy (non-hydrogen) atoms. The molecule has 7 nitrogen and oxygen atoms in total. The number of hydrogen-bond donors (Lipinski definition) is 1. The van der Waals surface area contributed by atoms with Crippen LogP contribution in [-0.4, -0.2) is 50.0 Å². The monoisotopic (exact) mass is 489 g/mol. The predicted octanol–water partition coefficient (Wildman–Crippen LogP) is 3.64. The maximum absolute atomic E-state index is 13.5. The van der Waals surface area contributed by atoms with Gasteiger partial charge < -0.3 is 4.74 Å². The molecule has 3 atom stereocenters. The number of sulfonamides is 1. The molecule has 2 aliphatic rings. The highest BCUT2D eigenvalue weighted by Crippen LogP contribution is 2.40. The summed E-state index contributed by atoms with van der Waals surface area (Å²) < 4.78 is 28.8. The van der Waals surface area contributed by atoms with Crippen molar-refractivity contribution in [2.45, 2.75) is 17.4 Å². The number of carbonyl (C=O) groups is 1. The summed E-state index contributed by atoms with van der Waals surface area (Å²) in [5, 5.41) is 6.27. The van der Waals surface area contributed by atoms with Crippen LogP contribution in [0.2, 0.25) is 5.02 Å². The molecule has 3 heterocycles. The van der Waals surface area contributed by atoms with Crippen molar-refractivity contribution in [3.63, 3.8) is 0 Å². The normalized spacial score (nSPS) is 22.8. The first kappa shape index (κ1) is 21.7. The van der Waals surface area contributed by atoms with E-state index in [-0.39, 0.29) is 22.6 Å². The van der Waals surface area contributed by atoms with E-state index in [1.54, 1.807) is 24.3 Å². The number of fused-ring (bicyclic) bond motifs is 2. The largest absolute Gasteiger partial charge is 0.366 e. The van der Waals surface area contributed by atoms with Crippen LogP contribution in [0.15, 0.2) is 53.4 Å². The number of rotatable bonds is 5. The standard InChI is InChI=1S/C22H20ClN3O4S2/c23-16-5-1-13(2-6-16)18-21(14-3-7-17(8-4-14)32(24,28)29)31-22(25-18)20(27)19-15-9-10-26(19)12-30-11-15/h1-8,15,19H,9-12H2,(H2,24,28,29). The first-order valence-electron chi connectivity index (χ1n) is 10.1. The Morgan fingerprint density at radius 3 is 2.47 bits per heavy atom. The summed E-state index contributed by atoms with van der Waals surface area (Å²) in [4.78, 5) is 21.1. The number of hydrogen-bond acceptors (Lipinski definition) is 7. The molecular formula is C22H20ClN3O4S2. The minimum absolute atomic E-state index is 0.00317. The van der Waals surface area contributed by atoms with Crippen molar-refractivity contribution in [1.82, 2.24) is 9.88 Å². The Bertz CT molecular complexity index is 1260. The van der Waals surface area contributed by atoms with Crippen LogP contribution in [0.3, 0.4) is 0 Å². The van der Waals surface area contributed by atoms with Crippen LogP contribution >= 0.6 is 22.9 Å². The van der Waals surface area contributed by atoms with Gasteiger partial charge in [-0.3, -0.25) is 9.69 Å². The lowest BCUT2D eigenvalue weighted by Gasteiger charge is -2.30. The fourth-order valence-electron chi connectivity index (χ4n) is 4.29. The number of benzene rings is 2. The molecule has 3 aromatic rings. The number of ether oxygens (including phenoxy) is 1. The highest BCUT2D eigenvalue weighted by molar-refractivity contribution is 7.89. The highest BCUT2D eigenvalue weighted by Gasteiger charge is 2.43. The molecule has 0 aliphatic carbocycles. The third-order valence-electron chi connectivity index (χ3n) is 5.89. The van der Waals surface area contributed by atoms with Gasteiger partial charge in [0.25, 0.3) is 0 Å². The lowest BCUT2D eigenvalue weighted by atomic mass is 9.97. The fourth-order valence-corrected chi connectivity index (χ4v) is 6.00. The van der Waals surface area contributed by atoms with Gasteiger partial charge in [0, 0.05) is 23.0 Å². The average molecular weight is 490 g/mol. The summed E-state index contributed by atoms with van der Waals surface area (Å²) in [6, 6.07) is 13.3. The van der Waals surface area contributed by atoms with Gasteiger partial charge in [-0.15, -0.1) is 11.3 Å². The van der Waals surface area contributed by atoms with Gasteiger partial charge in [0.1, 0.15) is 0 Å². The number of carbonyl (C=O) groups excluding carboxylic acids is 1. The minimum Gasteiger partial charge on any atom is -0.366 e. The van der Waals surface area contributed by atoms with Crippen molar-refractivity contribution in [2.75, 3.05) is 19.9 Å². The molecule has 0 spiro atoms. The number of halogens is 1. The first-order valence-corrected chi connectivity index (χ1v) is 12.8. The molecule has 2 bridgehead atoms. The third kappa shape index (κ3) is 4.00. The van der Waals surface area contributed by atoms with Crippen LogP contribution < -0.4 is 5.14 Å². The van der Waals surface area contributed by atoms with Crippen molar-refractivity contribution in [2.24, 2.45) is 11.1 Å². The second-order valence-corrected chi connectivity index (χ2v) is 10.9. The van der Waals surface area contributed by atoms with Crippen LogP contribution in [0.1, 0.15) is 16.2 Å². The summed E-state index contributed by atoms with van der Waals surface area (Å²) in [6.45, 7) is 1.90. The Morgan fingerprint density at radius 1 is 1.12 bits per heavy atom. The molecule has 2 aliphatic heterocycles. The van der Waals surface area contributed by atoms with E-state index in [0.717, 1.165) is 29.0 Å². The van der Waals surface area contributed by atoms with Crippen LogP contribution in [0.5, 0.6) is 0 Å². The van der Waals surface area contributed by atoms with Gasteiger partial charge in [0.05, 0.1) is 34.8 Å². The molecule has 2 N–H and O–H groups in total. The Morgan fingerprint density at radius 2 is 1.81 bits per heavy atom. The van der Waals surface area contributed by atoms with E-state index in [0.29, 0.717) is 29.1 Å². The van der Waals surface area contributed by atoms with E-state index < -0.39 is 10.0 Å². The van der Waals surface area contributed by atoms with Crippen LogP contribution in [-0.2, 0) is 14.8 Å². The first-order chi connectivity index (χ1) is 15.3. The van der Waals surface area contributed by atoms with Gasteiger partial charge in [-0.1, -0.05) is 35.9 Å². The number of aromatic nitrogens is 1. The molecular weight excluding hydrogens is 470 g/mol. The van der Waals surface area contributed by atoms with E-state index in [2.05, 4.69) is 4.90 Å². The number of Topliss-reactive ketones (excluding diaryl/α,β-unsaturated/α-hetero) is 1. The van der Waals surface area contributed by atoms with E-state index in [9.17, 15) is 13.2 Å². The summed E-state index contributed by atoms with van der Waals surface area (Å²) in [5.74, 6) is 0.181. The van der Waals surface area contributed by atoms with E-state index in [1.165, 1.54) is 23.5 Å². The lowest BCUT2D eigenvalue weighted by molar-refractivity contribution is -0.0330. The van der Waals surface area contributed by atoms with Gasteiger partial charge in [-0.05, 0) is 36.2 Å². The van der Waals surface area contributed by atoms with Crippen LogP contribution in [0, 0.1) is 5.92 Å². The predicted molar refractivity (Wildman–Crippen MR) is 123 cm³/mol. The Balaban J connectivity index is 1.58. The molecule has 2 saturated heterocycles. The van der Waals surface area contributed by atoms with Crippen molar-refractivity contribution in [1.29, 1.82) is 0 Å². The minimum atomic E-state index is -3.80. The molecule has 10 heteroatoms. The van der Waals surface area contributed by atoms with Crippen molar-refractivity contribution in [3.05, 3.63) is 58.6 Å².